The first-order valence-electron chi connectivity index (χ1n) is 8.57. The van der Waals surface area contributed by atoms with Gasteiger partial charge in [-0.25, -0.2) is 0 Å². The smallest absolute Gasteiger partial charge is 0.123 e. The van der Waals surface area contributed by atoms with Gasteiger partial charge in [-0.05, 0) is 50.0 Å². The lowest BCUT2D eigenvalue weighted by Crippen LogP contribution is -2.23. The first kappa shape index (κ1) is 14.9. The van der Waals surface area contributed by atoms with E-state index in [0.717, 1.165) is 36.7 Å². The number of nitrogens with one attached hydrogen (secondary N) is 1. The van der Waals surface area contributed by atoms with Crippen molar-refractivity contribution in [2.45, 2.75) is 59.0 Å². The predicted molar refractivity (Wildman–Crippen MR) is 87.6 cm³/mol. The highest BCUT2D eigenvalue weighted by atomic mass is 16.5. The van der Waals surface area contributed by atoms with Gasteiger partial charge in [0.25, 0.3) is 0 Å². The number of benzene rings is 1. The number of aryl methyl sites for hydroxylation is 1. The third-order valence-electron chi connectivity index (χ3n) is 5.25. The largest absolute Gasteiger partial charge is 0.493 e. The molecule has 3 unspecified atom stereocenters. The van der Waals surface area contributed by atoms with Gasteiger partial charge < -0.3 is 10.1 Å². The van der Waals surface area contributed by atoms with E-state index in [0.29, 0.717) is 6.04 Å². The maximum absolute atomic E-state index is 6.22. The quantitative estimate of drug-likeness (QED) is 0.842. The van der Waals surface area contributed by atoms with Crippen LogP contribution in [0.4, 0.5) is 0 Å². The zero-order chi connectivity index (χ0) is 14.8. The molecule has 1 aromatic rings. The number of fused-ring (bicyclic) bond motifs is 2. The molecule has 1 aromatic carbocycles. The fourth-order valence-electron chi connectivity index (χ4n) is 4.08. The van der Waals surface area contributed by atoms with Crippen molar-refractivity contribution in [2.75, 3.05) is 6.61 Å². The first-order valence-corrected chi connectivity index (χ1v) is 8.57. The SMILES string of the molecule is Cc1ccc(OCC2CC3CCC2C3)c(CNC(C)C)c1. The molecule has 3 rings (SSSR count). The van der Waals surface area contributed by atoms with Crippen molar-refractivity contribution in [3.63, 3.8) is 0 Å². The summed E-state index contributed by atoms with van der Waals surface area (Å²) in [6, 6.07) is 7.07. The maximum atomic E-state index is 6.22. The molecule has 2 aliphatic rings. The molecule has 2 fully saturated rings. The van der Waals surface area contributed by atoms with Gasteiger partial charge in [-0.1, -0.05) is 38.0 Å². The lowest BCUT2D eigenvalue weighted by Gasteiger charge is -2.23. The van der Waals surface area contributed by atoms with Gasteiger partial charge in [0, 0.05) is 18.2 Å². The van der Waals surface area contributed by atoms with Crippen LogP contribution < -0.4 is 10.1 Å². The zero-order valence-electron chi connectivity index (χ0n) is 13.7. The highest BCUT2D eigenvalue weighted by Gasteiger charge is 2.39. The molecule has 2 saturated carbocycles. The molecule has 0 amide bonds. The van der Waals surface area contributed by atoms with Crippen molar-refractivity contribution < 1.29 is 4.74 Å². The summed E-state index contributed by atoms with van der Waals surface area (Å²) in [5.74, 6) is 3.83. The molecule has 21 heavy (non-hydrogen) atoms. The van der Waals surface area contributed by atoms with E-state index in [1.54, 1.807) is 0 Å². The Morgan fingerprint density at radius 3 is 2.76 bits per heavy atom. The van der Waals surface area contributed by atoms with Crippen LogP contribution in [0.1, 0.15) is 50.7 Å². The van der Waals surface area contributed by atoms with E-state index < -0.39 is 0 Å². The van der Waals surface area contributed by atoms with Crippen molar-refractivity contribution in [3.8, 4) is 5.75 Å². The van der Waals surface area contributed by atoms with E-state index in [9.17, 15) is 0 Å². The highest BCUT2D eigenvalue weighted by molar-refractivity contribution is 5.37. The Labute approximate surface area is 129 Å². The van der Waals surface area contributed by atoms with Crippen molar-refractivity contribution >= 4 is 0 Å². The Hall–Kier alpha value is -1.02. The van der Waals surface area contributed by atoms with Crippen LogP contribution in [0, 0.1) is 24.7 Å². The van der Waals surface area contributed by atoms with Crippen LogP contribution in [0.25, 0.3) is 0 Å². The summed E-state index contributed by atoms with van der Waals surface area (Å²) >= 11 is 0. The van der Waals surface area contributed by atoms with E-state index in [1.165, 1.54) is 36.8 Å². The summed E-state index contributed by atoms with van der Waals surface area (Å²) in [6.07, 6.45) is 5.77. The van der Waals surface area contributed by atoms with Crippen LogP contribution in [0.15, 0.2) is 18.2 Å². The average Bonchev–Trinajstić information content (AvgIpc) is 3.06. The molecule has 2 aliphatic carbocycles. The number of ether oxygens (including phenoxy) is 1. The summed E-state index contributed by atoms with van der Waals surface area (Å²) in [6.45, 7) is 8.33. The number of rotatable bonds is 6. The third kappa shape index (κ3) is 3.60. The van der Waals surface area contributed by atoms with Crippen LogP contribution >= 0.6 is 0 Å². The summed E-state index contributed by atoms with van der Waals surface area (Å²) in [7, 11) is 0. The summed E-state index contributed by atoms with van der Waals surface area (Å²) in [4.78, 5) is 0. The zero-order valence-corrected chi connectivity index (χ0v) is 13.7. The Morgan fingerprint density at radius 2 is 2.10 bits per heavy atom. The van der Waals surface area contributed by atoms with Crippen molar-refractivity contribution in [3.05, 3.63) is 29.3 Å². The van der Waals surface area contributed by atoms with Gasteiger partial charge in [-0.3, -0.25) is 0 Å². The minimum absolute atomic E-state index is 0.504. The Morgan fingerprint density at radius 1 is 1.24 bits per heavy atom. The highest BCUT2D eigenvalue weighted by Crippen LogP contribution is 2.48. The standard InChI is InChI=1S/C19H29NO/c1-13(2)20-11-17-8-14(3)4-7-19(17)21-12-18-10-15-5-6-16(18)9-15/h4,7-8,13,15-16,18,20H,5-6,9-12H2,1-3H3. The van der Waals surface area contributed by atoms with E-state index in [2.05, 4.69) is 44.3 Å². The summed E-state index contributed by atoms with van der Waals surface area (Å²) in [5, 5.41) is 3.50. The van der Waals surface area contributed by atoms with Gasteiger partial charge in [-0.2, -0.15) is 0 Å². The third-order valence-corrected chi connectivity index (χ3v) is 5.25. The Bertz CT molecular complexity index is 482. The molecule has 0 radical (unpaired) electrons. The van der Waals surface area contributed by atoms with Crippen LogP contribution in [0.2, 0.25) is 0 Å². The van der Waals surface area contributed by atoms with Gasteiger partial charge in [0.2, 0.25) is 0 Å². The van der Waals surface area contributed by atoms with Crippen molar-refractivity contribution in [1.82, 2.24) is 5.32 Å². The second-order valence-corrected chi connectivity index (χ2v) is 7.39. The first-order chi connectivity index (χ1) is 10.1. The van der Waals surface area contributed by atoms with E-state index in [-0.39, 0.29) is 0 Å². The van der Waals surface area contributed by atoms with Gasteiger partial charge in [0.15, 0.2) is 0 Å². The molecule has 1 N–H and O–H groups in total. The second-order valence-electron chi connectivity index (χ2n) is 7.39. The van der Waals surface area contributed by atoms with Crippen LogP contribution in [-0.4, -0.2) is 12.6 Å². The van der Waals surface area contributed by atoms with E-state index in [1.807, 2.05) is 0 Å². The van der Waals surface area contributed by atoms with Crippen LogP contribution in [0.3, 0.4) is 0 Å². The Kier molecular flexibility index (Phi) is 4.54. The summed E-state index contributed by atoms with van der Waals surface area (Å²) < 4.78 is 6.22. The monoisotopic (exact) mass is 287 g/mol. The minimum atomic E-state index is 0.504. The van der Waals surface area contributed by atoms with Gasteiger partial charge >= 0.3 is 0 Å². The van der Waals surface area contributed by atoms with E-state index >= 15 is 0 Å². The molecule has 0 heterocycles. The molecule has 116 valence electrons. The minimum Gasteiger partial charge on any atom is -0.493 e. The van der Waals surface area contributed by atoms with Crippen molar-refractivity contribution in [1.29, 1.82) is 0 Å². The molecule has 0 spiro atoms. The lowest BCUT2D eigenvalue weighted by atomic mass is 9.89. The van der Waals surface area contributed by atoms with Gasteiger partial charge in [0.05, 0.1) is 6.61 Å². The Balaban J connectivity index is 1.61. The van der Waals surface area contributed by atoms with Gasteiger partial charge in [-0.15, -0.1) is 0 Å². The molecule has 3 atom stereocenters. The van der Waals surface area contributed by atoms with Crippen LogP contribution in [0.5, 0.6) is 5.75 Å². The molecule has 2 heteroatoms. The van der Waals surface area contributed by atoms with E-state index in [4.69, 9.17) is 4.74 Å². The number of hydrogen-bond acceptors (Lipinski definition) is 2. The van der Waals surface area contributed by atoms with Crippen molar-refractivity contribution in [2.24, 2.45) is 17.8 Å². The molecule has 0 aromatic heterocycles. The molecular weight excluding hydrogens is 258 g/mol. The molecular formula is C19H29NO. The fourth-order valence-corrected chi connectivity index (χ4v) is 4.08. The molecule has 0 saturated heterocycles. The second kappa shape index (κ2) is 6.39. The topological polar surface area (TPSA) is 21.3 Å². The lowest BCUT2D eigenvalue weighted by molar-refractivity contribution is 0.193. The molecule has 2 bridgehead atoms. The maximum Gasteiger partial charge on any atom is 0.123 e. The summed E-state index contributed by atoms with van der Waals surface area (Å²) in [5.41, 5.74) is 2.61. The average molecular weight is 287 g/mol. The van der Waals surface area contributed by atoms with Crippen LogP contribution in [-0.2, 0) is 6.54 Å². The number of hydrogen-bond donors (Lipinski definition) is 1. The van der Waals surface area contributed by atoms with Gasteiger partial charge in [0.1, 0.15) is 5.75 Å². The normalized spacial score (nSPS) is 27.5. The molecule has 2 nitrogen and oxygen atoms in total. The molecule has 0 aliphatic heterocycles. The fraction of sp³-hybridized carbons (Fsp3) is 0.684. The predicted octanol–water partition coefficient (Wildman–Crippen LogP) is 4.31.